The van der Waals surface area contributed by atoms with Gasteiger partial charge in [-0.1, -0.05) is 0 Å². The molecule has 0 aliphatic heterocycles. The number of rotatable bonds is 3. The number of imidazole rings is 1. The minimum atomic E-state index is 0.442. The number of hydrogen-bond donors (Lipinski definition) is 1. The van der Waals surface area contributed by atoms with Gasteiger partial charge in [-0.25, -0.2) is 4.98 Å². The molecule has 12 heavy (non-hydrogen) atoms. The third-order valence-electron chi connectivity index (χ3n) is 1.59. The van der Waals surface area contributed by atoms with Crippen LogP contribution in [-0.2, 0) is 0 Å². The van der Waals surface area contributed by atoms with E-state index in [-0.39, 0.29) is 0 Å². The first kappa shape index (κ1) is 9.58. The highest BCUT2D eigenvalue weighted by molar-refractivity contribution is 9.10. The highest BCUT2D eigenvalue weighted by atomic mass is 79.9. The smallest absolute Gasteiger partial charge is 0.204 e. The standard InChI is InChI=1S/C8H14BrN3/c1-4-10-8-11-7(9)5-12(8)6(2)3/h5-6H,4H2,1-3H3,(H,10,11). The Morgan fingerprint density at radius 2 is 2.33 bits per heavy atom. The van der Waals surface area contributed by atoms with Crippen LogP contribution in [0, 0.1) is 0 Å². The van der Waals surface area contributed by atoms with Crippen molar-refractivity contribution in [1.29, 1.82) is 0 Å². The minimum Gasteiger partial charge on any atom is -0.356 e. The highest BCUT2D eigenvalue weighted by Gasteiger charge is 2.06. The molecule has 4 heteroatoms. The topological polar surface area (TPSA) is 29.9 Å². The van der Waals surface area contributed by atoms with Gasteiger partial charge in [-0.3, -0.25) is 0 Å². The molecule has 68 valence electrons. The van der Waals surface area contributed by atoms with Crippen LogP contribution in [0.2, 0.25) is 0 Å². The van der Waals surface area contributed by atoms with Gasteiger partial charge in [0.05, 0.1) is 0 Å². The van der Waals surface area contributed by atoms with Gasteiger partial charge in [0.25, 0.3) is 0 Å². The van der Waals surface area contributed by atoms with Crippen molar-refractivity contribution in [1.82, 2.24) is 9.55 Å². The molecule has 0 fully saturated rings. The highest BCUT2D eigenvalue weighted by Crippen LogP contribution is 2.18. The van der Waals surface area contributed by atoms with E-state index in [0.717, 1.165) is 17.1 Å². The van der Waals surface area contributed by atoms with E-state index in [1.54, 1.807) is 0 Å². The molecule has 0 aliphatic carbocycles. The van der Waals surface area contributed by atoms with Crippen molar-refractivity contribution in [3.63, 3.8) is 0 Å². The van der Waals surface area contributed by atoms with Gasteiger partial charge in [-0.05, 0) is 36.7 Å². The lowest BCUT2D eigenvalue weighted by atomic mass is 10.4. The molecule has 0 amide bonds. The summed E-state index contributed by atoms with van der Waals surface area (Å²) in [6, 6.07) is 0.442. The molecule has 0 bridgehead atoms. The largest absolute Gasteiger partial charge is 0.356 e. The molecule has 1 rings (SSSR count). The summed E-state index contributed by atoms with van der Waals surface area (Å²) in [5.74, 6) is 0.930. The second-order valence-corrected chi connectivity index (χ2v) is 3.73. The van der Waals surface area contributed by atoms with Crippen molar-refractivity contribution >= 4 is 21.9 Å². The summed E-state index contributed by atoms with van der Waals surface area (Å²) in [5, 5.41) is 3.20. The molecule has 0 unspecified atom stereocenters. The van der Waals surface area contributed by atoms with Crippen LogP contribution in [0.5, 0.6) is 0 Å². The number of aromatic nitrogens is 2. The van der Waals surface area contributed by atoms with Crippen LogP contribution >= 0.6 is 15.9 Å². The fraction of sp³-hybridized carbons (Fsp3) is 0.625. The number of halogens is 1. The average Bonchev–Trinajstić information content (AvgIpc) is 2.32. The van der Waals surface area contributed by atoms with Gasteiger partial charge in [0.2, 0.25) is 5.95 Å². The molecule has 1 heterocycles. The predicted molar refractivity (Wildman–Crippen MR) is 54.5 cm³/mol. The Balaban J connectivity index is 2.92. The van der Waals surface area contributed by atoms with E-state index in [1.165, 1.54) is 0 Å². The second kappa shape index (κ2) is 3.94. The van der Waals surface area contributed by atoms with E-state index < -0.39 is 0 Å². The van der Waals surface area contributed by atoms with Crippen LogP contribution < -0.4 is 5.32 Å². The molecule has 0 aliphatic rings. The normalized spacial score (nSPS) is 10.8. The first-order valence-electron chi connectivity index (χ1n) is 4.13. The summed E-state index contributed by atoms with van der Waals surface area (Å²) in [6.07, 6.45) is 1.99. The van der Waals surface area contributed by atoms with Crippen LogP contribution in [0.4, 0.5) is 5.95 Å². The van der Waals surface area contributed by atoms with Gasteiger partial charge in [0, 0.05) is 18.8 Å². The van der Waals surface area contributed by atoms with E-state index in [4.69, 9.17) is 0 Å². The maximum Gasteiger partial charge on any atom is 0.204 e. The fourth-order valence-corrected chi connectivity index (χ4v) is 1.43. The second-order valence-electron chi connectivity index (χ2n) is 2.92. The first-order valence-corrected chi connectivity index (χ1v) is 4.92. The molecule has 0 saturated carbocycles. The maximum atomic E-state index is 4.29. The van der Waals surface area contributed by atoms with E-state index in [2.05, 4.69) is 51.6 Å². The molecule has 0 aromatic carbocycles. The van der Waals surface area contributed by atoms with Crippen molar-refractivity contribution in [3.8, 4) is 0 Å². The van der Waals surface area contributed by atoms with Crippen LogP contribution in [-0.4, -0.2) is 16.1 Å². The number of nitrogens with zero attached hydrogens (tertiary/aromatic N) is 2. The molecule has 1 aromatic heterocycles. The Kier molecular flexibility index (Phi) is 3.14. The summed E-state index contributed by atoms with van der Waals surface area (Å²) in [5.41, 5.74) is 0. The van der Waals surface area contributed by atoms with Gasteiger partial charge >= 0.3 is 0 Å². The van der Waals surface area contributed by atoms with E-state index in [1.807, 2.05) is 6.20 Å². The Morgan fingerprint density at radius 3 is 2.83 bits per heavy atom. The fourth-order valence-electron chi connectivity index (χ4n) is 1.05. The molecular formula is C8H14BrN3. The summed E-state index contributed by atoms with van der Waals surface area (Å²) >= 11 is 3.35. The van der Waals surface area contributed by atoms with Crippen LogP contribution in [0.15, 0.2) is 10.8 Å². The molecule has 3 nitrogen and oxygen atoms in total. The zero-order valence-corrected chi connectivity index (χ0v) is 9.22. The van der Waals surface area contributed by atoms with Gasteiger partial charge in [-0.15, -0.1) is 0 Å². The van der Waals surface area contributed by atoms with Gasteiger partial charge in [0.1, 0.15) is 4.60 Å². The lowest BCUT2D eigenvalue weighted by Crippen LogP contribution is -2.07. The van der Waals surface area contributed by atoms with Gasteiger partial charge in [0.15, 0.2) is 0 Å². The van der Waals surface area contributed by atoms with Crippen LogP contribution in [0.25, 0.3) is 0 Å². The Bertz CT molecular complexity index is 255. The zero-order valence-electron chi connectivity index (χ0n) is 7.63. The molecule has 1 N–H and O–H groups in total. The zero-order chi connectivity index (χ0) is 9.14. The van der Waals surface area contributed by atoms with Crippen molar-refractivity contribution in [2.45, 2.75) is 26.8 Å². The first-order chi connectivity index (χ1) is 5.65. The van der Waals surface area contributed by atoms with Crippen molar-refractivity contribution in [3.05, 3.63) is 10.8 Å². The van der Waals surface area contributed by atoms with E-state index in [9.17, 15) is 0 Å². The summed E-state index contributed by atoms with van der Waals surface area (Å²) in [6.45, 7) is 7.23. The average molecular weight is 232 g/mol. The maximum absolute atomic E-state index is 4.29. The minimum absolute atomic E-state index is 0.442. The Morgan fingerprint density at radius 1 is 1.67 bits per heavy atom. The summed E-state index contributed by atoms with van der Waals surface area (Å²) in [4.78, 5) is 4.29. The summed E-state index contributed by atoms with van der Waals surface area (Å²) < 4.78 is 2.99. The lowest BCUT2D eigenvalue weighted by Gasteiger charge is -2.10. The number of anilines is 1. The quantitative estimate of drug-likeness (QED) is 0.868. The molecule has 0 atom stereocenters. The Hall–Kier alpha value is -0.510. The molecular weight excluding hydrogens is 218 g/mol. The third-order valence-corrected chi connectivity index (χ3v) is 1.98. The SMILES string of the molecule is CCNc1nc(Br)cn1C(C)C. The summed E-state index contributed by atoms with van der Waals surface area (Å²) in [7, 11) is 0. The van der Waals surface area contributed by atoms with Crippen molar-refractivity contribution in [2.75, 3.05) is 11.9 Å². The number of nitrogens with one attached hydrogen (secondary N) is 1. The van der Waals surface area contributed by atoms with Crippen molar-refractivity contribution < 1.29 is 0 Å². The van der Waals surface area contributed by atoms with Crippen LogP contribution in [0.3, 0.4) is 0 Å². The Labute approximate surface area is 81.3 Å². The third kappa shape index (κ3) is 2.00. The van der Waals surface area contributed by atoms with E-state index >= 15 is 0 Å². The predicted octanol–water partition coefficient (Wildman–Crippen LogP) is 2.66. The number of hydrogen-bond acceptors (Lipinski definition) is 2. The van der Waals surface area contributed by atoms with Crippen molar-refractivity contribution in [2.24, 2.45) is 0 Å². The van der Waals surface area contributed by atoms with Crippen LogP contribution in [0.1, 0.15) is 26.8 Å². The monoisotopic (exact) mass is 231 g/mol. The molecule has 1 aromatic rings. The molecule has 0 radical (unpaired) electrons. The molecule has 0 saturated heterocycles. The molecule has 0 spiro atoms. The van der Waals surface area contributed by atoms with Gasteiger partial charge in [-0.2, -0.15) is 0 Å². The van der Waals surface area contributed by atoms with Gasteiger partial charge < -0.3 is 9.88 Å². The lowest BCUT2D eigenvalue weighted by molar-refractivity contribution is 0.605. The van der Waals surface area contributed by atoms with E-state index in [0.29, 0.717) is 6.04 Å².